The maximum Gasteiger partial charge on any atom is 0.241 e. The molecule has 1 atom stereocenters. The minimum absolute atomic E-state index is 0.0554. The smallest absolute Gasteiger partial charge is 0.241 e. The standard InChI is InChI=1S/C14H19ClN2O3S/c1-9(2)13(14(18)16-11-6-7-11)17-21(19,20)12-5-3-4-10(15)8-12/h3-5,8-9,11,13,17H,6-7H2,1-2H3,(H,16,18)/t13-/m1/s1. The van der Waals surface area contributed by atoms with Crippen molar-refractivity contribution in [2.75, 3.05) is 0 Å². The third kappa shape index (κ3) is 4.43. The fraction of sp³-hybridized carbons (Fsp3) is 0.500. The summed E-state index contributed by atoms with van der Waals surface area (Å²) in [6, 6.07) is 5.36. The molecule has 5 nitrogen and oxygen atoms in total. The van der Waals surface area contributed by atoms with E-state index < -0.39 is 16.1 Å². The number of sulfonamides is 1. The van der Waals surface area contributed by atoms with Crippen molar-refractivity contribution in [3.8, 4) is 0 Å². The van der Waals surface area contributed by atoms with Crippen LogP contribution in [0.5, 0.6) is 0 Å². The minimum atomic E-state index is -3.78. The second-order valence-electron chi connectivity index (χ2n) is 5.58. The van der Waals surface area contributed by atoms with E-state index in [4.69, 9.17) is 11.6 Å². The summed E-state index contributed by atoms with van der Waals surface area (Å²) in [7, 11) is -3.78. The lowest BCUT2D eigenvalue weighted by Crippen LogP contribution is -2.50. The molecule has 0 radical (unpaired) electrons. The van der Waals surface area contributed by atoms with Gasteiger partial charge in [0.1, 0.15) is 6.04 Å². The van der Waals surface area contributed by atoms with Crippen LogP contribution in [-0.4, -0.2) is 26.4 Å². The number of amides is 1. The van der Waals surface area contributed by atoms with Gasteiger partial charge in [-0.15, -0.1) is 0 Å². The van der Waals surface area contributed by atoms with Gasteiger partial charge in [-0.2, -0.15) is 4.72 Å². The quantitative estimate of drug-likeness (QED) is 0.836. The monoisotopic (exact) mass is 330 g/mol. The predicted octanol–water partition coefficient (Wildman–Crippen LogP) is 1.92. The molecule has 1 aromatic carbocycles. The number of nitrogens with one attached hydrogen (secondary N) is 2. The van der Waals surface area contributed by atoms with E-state index in [-0.39, 0.29) is 22.8 Å². The molecule has 1 aliphatic rings. The molecule has 2 N–H and O–H groups in total. The van der Waals surface area contributed by atoms with Crippen LogP contribution in [0.1, 0.15) is 26.7 Å². The van der Waals surface area contributed by atoms with Crippen LogP contribution in [0.4, 0.5) is 0 Å². The number of hydrogen-bond acceptors (Lipinski definition) is 3. The van der Waals surface area contributed by atoms with Gasteiger partial charge in [-0.1, -0.05) is 31.5 Å². The summed E-state index contributed by atoms with van der Waals surface area (Å²) in [5.74, 6) is -0.434. The molecule has 0 heterocycles. The third-order valence-corrected chi connectivity index (χ3v) is 4.94. The average Bonchev–Trinajstić information content (AvgIpc) is 3.19. The Morgan fingerprint density at radius 1 is 1.33 bits per heavy atom. The Morgan fingerprint density at radius 2 is 2.00 bits per heavy atom. The highest BCUT2D eigenvalue weighted by atomic mass is 35.5. The Morgan fingerprint density at radius 3 is 2.52 bits per heavy atom. The van der Waals surface area contributed by atoms with E-state index in [1.54, 1.807) is 26.0 Å². The van der Waals surface area contributed by atoms with Gasteiger partial charge in [-0.3, -0.25) is 4.79 Å². The van der Waals surface area contributed by atoms with Crippen molar-refractivity contribution in [2.45, 2.75) is 43.7 Å². The largest absolute Gasteiger partial charge is 0.352 e. The van der Waals surface area contributed by atoms with E-state index in [0.717, 1.165) is 12.8 Å². The summed E-state index contributed by atoms with van der Waals surface area (Å²) in [6.45, 7) is 3.61. The molecule has 1 aliphatic carbocycles. The summed E-state index contributed by atoms with van der Waals surface area (Å²) in [4.78, 5) is 12.2. The highest BCUT2D eigenvalue weighted by Crippen LogP contribution is 2.20. The Labute approximate surface area is 130 Å². The van der Waals surface area contributed by atoms with Gasteiger partial charge >= 0.3 is 0 Å². The van der Waals surface area contributed by atoms with Gasteiger partial charge in [-0.25, -0.2) is 8.42 Å². The fourth-order valence-corrected chi connectivity index (χ4v) is 3.52. The van der Waals surface area contributed by atoms with Gasteiger partial charge < -0.3 is 5.32 Å². The highest BCUT2D eigenvalue weighted by molar-refractivity contribution is 7.89. The van der Waals surface area contributed by atoms with Gasteiger partial charge in [0, 0.05) is 11.1 Å². The number of rotatable bonds is 6. The van der Waals surface area contributed by atoms with Gasteiger partial charge in [0.05, 0.1) is 4.90 Å². The molecule has 1 aromatic rings. The normalized spacial score (nSPS) is 16.8. The van der Waals surface area contributed by atoms with Gasteiger partial charge in [0.15, 0.2) is 0 Å². The maximum absolute atomic E-state index is 12.4. The molecule has 0 unspecified atom stereocenters. The molecule has 0 aromatic heterocycles. The van der Waals surface area contributed by atoms with Crippen molar-refractivity contribution < 1.29 is 13.2 Å². The molecule has 2 rings (SSSR count). The van der Waals surface area contributed by atoms with Crippen LogP contribution >= 0.6 is 11.6 Å². The second-order valence-corrected chi connectivity index (χ2v) is 7.73. The first-order valence-electron chi connectivity index (χ1n) is 6.88. The molecule has 116 valence electrons. The van der Waals surface area contributed by atoms with Crippen LogP contribution in [0.25, 0.3) is 0 Å². The molecule has 0 saturated heterocycles. The number of benzene rings is 1. The Hall–Kier alpha value is -1.11. The van der Waals surface area contributed by atoms with Crippen LogP contribution in [0.2, 0.25) is 5.02 Å². The molecule has 7 heteroatoms. The topological polar surface area (TPSA) is 75.3 Å². The first-order valence-corrected chi connectivity index (χ1v) is 8.74. The van der Waals surface area contributed by atoms with Crippen molar-refractivity contribution in [3.05, 3.63) is 29.3 Å². The zero-order valence-corrected chi connectivity index (χ0v) is 13.5. The van der Waals surface area contributed by atoms with Crippen molar-refractivity contribution in [2.24, 2.45) is 5.92 Å². The molecule has 1 amide bonds. The van der Waals surface area contributed by atoms with E-state index in [1.165, 1.54) is 12.1 Å². The van der Waals surface area contributed by atoms with E-state index in [9.17, 15) is 13.2 Å². The van der Waals surface area contributed by atoms with E-state index in [1.807, 2.05) is 0 Å². The van der Waals surface area contributed by atoms with Crippen molar-refractivity contribution in [1.82, 2.24) is 10.0 Å². The summed E-state index contributed by atoms with van der Waals surface area (Å²) in [6.07, 6.45) is 1.91. The summed E-state index contributed by atoms with van der Waals surface area (Å²) in [5.41, 5.74) is 0. The number of carbonyl (C=O) groups is 1. The number of hydrogen-bond donors (Lipinski definition) is 2. The van der Waals surface area contributed by atoms with Crippen LogP contribution < -0.4 is 10.0 Å². The molecule has 0 spiro atoms. The van der Waals surface area contributed by atoms with Gasteiger partial charge in [0.25, 0.3) is 0 Å². The Bertz CT molecular complexity index is 627. The number of halogens is 1. The lowest BCUT2D eigenvalue weighted by atomic mass is 10.1. The van der Waals surface area contributed by atoms with Crippen molar-refractivity contribution in [1.29, 1.82) is 0 Å². The minimum Gasteiger partial charge on any atom is -0.352 e. The van der Waals surface area contributed by atoms with E-state index in [0.29, 0.717) is 5.02 Å². The molecule has 1 saturated carbocycles. The first kappa shape index (κ1) is 16.3. The third-order valence-electron chi connectivity index (χ3n) is 3.26. The lowest BCUT2D eigenvalue weighted by molar-refractivity contribution is -0.123. The summed E-state index contributed by atoms with van der Waals surface area (Å²) >= 11 is 5.82. The molecule has 0 bridgehead atoms. The van der Waals surface area contributed by atoms with Crippen molar-refractivity contribution >= 4 is 27.5 Å². The SMILES string of the molecule is CC(C)[C@@H](NS(=O)(=O)c1cccc(Cl)c1)C(=O)NC1CC1. The predicted molar refractivity (Wildman–Crippen MR) is 81.6 cm³/mol. The van der Waals surface area contributed by atoms with Gasteiger partial charge in [0.2, 0.25) is 15.9 Å². The van der Waals surface area contributed by atoms with Gasteiger partial charge in [-0.05, 0) is 37.0 Å². The van der Waals surface area contributed by atoms with E-state index in [2.05, 4.69) is 10.0 Å². The molecule has 21 heavy (non-hydrogen) atoms. The van der Waals surface area contributed by atoms with Crippen molar-refractivity contribution in [3.63, 3.8) is 0 Å². The highest BCUT2D eigenvalue weighted by Gasteiger charge is 2.32. The Kier molecular flexibility index (Phi) is 4.91. The molecule has 1 fully saturated rings. The summed E-state index contributed by atoms with van der Waals surface area (Å²) < 4.78 is 27.2. The fourth-order valence-electron chi connectivity index (χ4n) is 1.88. The van der Waals surface area contributed by atoms with Crippen LogP contribution in [0, 0.1) is 5.92 Å². The summed E-state index contributed by atoms with van der Waals surface area (Å²) in [5, 5.41) is 3.16. The molecular weight excluding hydrogens is 312 g/mol. The second kappa shape index (κ2) is 6.34. The Balaban J connectivity index is 2.16. The number of carbonyl (C=O) groups excluding carboxylic acids is 1. The van der Waals surface area contributed by atoms with Crippen LogP contribution in [0.3, 0.4) is 0 Å². The molecule has 0 aliphatic heterocycles. The average molecular weight is 331 g/mol. The maximum atomic E-state index is 12.4. The van der Waals surface area contributed by atoms with Crippen LogP contribution in [-0.2, 0) is 14.8 Å². The lowest BCUT2D eigenvalue weighted by Gasteiger charge is -2.21. The first-order chi connectivity index (χ1) is 9.79. The van der Waals surface area contributed by atoms with E-state index >= 15 is 0 Å². The zero-order valence-electron chi connectivity index (χ0n) is 12.0. The molecular formula is C14H19ClN2O3S. The van der Waals surface area contributed by atoms with Crippen LogP contribution in [0.15, 0.2) is 29.2 Å². The zero-order chi connectivity index (χ0) is 15.6.